The minimum atomic E-state index is 0. The van der Waals surface area contributed by atoms with Gasteiger partial charge in [-0.3, -0.25) is 4.90 Å². The first-order chi connectivity index (χ1) is 8.84. The zero-order chi connectivity index (χ0) is 12.4. The monoisotopic (exact) mass is 312 g/mol. The highest BCUT2D eigenvalue weighted by Crippen LogP contribution is 2.24. The van der Waals surface area contributed by atoms with Gasteiger partial charge < -0.3 is 5.32 Å². The number of fused-ring (bicyclic) bond motifs is 1. The van der Waals surface area contributed by atoms with E-state index < -0.39 is 0 Å². The van der Waals surface area contributed by atoms with Crippen molar-refractivity contribution in [3.05, 3.63) is 48.0 Å². The van der Waals surface area contributed by atoms with Gasteiger partial charge in [-0.05, 0) is 29.3 Å². The molecule has 1 unspecified atom stereocenters. The van der Waals surface area contributed by atoms with Crippen molar-refractivity contribution in [2.75, 3.05) is 26.2 Å². The molecule has 0 bridgehead atoms. The molecule has 1 heterocycles. The molecule has 4 heteroatoms. The van der Waals surface area contributed by atoms with E-state index in [2.05, 4.69) is 59.6 Å². The Kier molecular flexibility index (Phi) is 6.77. The van der Waals surface area contributed by atoms with Crippen molar-refractivity contribution in [2.45, 2.75) is 13.0 Å². The average Bonchev–Trinajstić information content (AvgIpc) is 2.47. The second-order valence-electron chi connectivity index (χ2n) is 5.07. The maximum atomic E-state index is 3.41. The van der Waals surface area contributed by atoms with Crippen LogP contribution >= 0.6 is 24.8 Å². The molecule has 20 heavy (non-hydrogen) atoms. The lowest BCUT2D eigenvalue weighted by molar-refractivity contribution is 0.185. The molecule has 1 atom stereocenters. The lowest BCUT2D eigenvalue weighted by atomic mass is 10.0. The first kappa shape index (κ1) is 17.3. The summed E-state index contributed by atoms with van der Waals surface area (Å²) in [4.78, 5) is 2.56. The molecule has 0 spiro atoms. The van der Waals surface area contributed by atoms with Crippen LogP contribution in [0, 0.1) is 0 Å². The molecular formula is C16H22Cl2N2. The highest BCUT2D eigenvalue weighted by molar-refractivity contribution is 5.85. The summed E-state index contributed by atoms with van der Waals surface area (Å²) in [6.45, 7) is 6.83. The quantitative estimate of drug-likeness (QED) is 0.910. The normalized spacial score (nSPS) is 17.1. The van der Waals surface area contributed by atoms with Crippen LogP contribution in [0.5, 0.6) is 0 Å². The van der Waals surface area contributed by atoms with Gasteiger partial charge in [-0.2, -0.15) is 0 Å². The van der Waals surface area contributed by atoms with Crippen molar-refractivity contribution in [2.24, 2.45) is 0 Å². The van der Waals surface area contributed by atoms with Crippen LogP contribution in [0.25, 0.3) is 10.8 Å². The van der Waals surface area contributed by atoms with E-state index in [1.165, 1.54) is 16.3 Å². The predicted octanol–water partition coefficient (Wildman–Crippen LogP) is 3.65. The topological polar surface area (TPSA) is 15.3 Å². The molecular weight excluding hydrogens is 291 g/mol. The van der Waals surface area contributed by atoms with Crippen molar-refractivity contribution < 1.29 is 0 Å². The van der Waals surface area contributed by atoms with E-state index in [1.807, 2.05) is 0 Å². The molecule has 1 N–H and O–H groups in total. The molecule has 110 valence electrons. The third-order valence-electron chi connectivity index (χ3n) is 3.96. The average molecular weight is 313 g/mol. The summed E-state index contributed by atoms with van der Waals surface area (Å²) in [5.74, 6) is 0. The molecule has 0 saturated carbocycles. The van der Waals surface area contributed by atoms with Crippen molar-refractivity contribution in [3.8, 4) is 0 Å². The van der Waals surface area contributed by atoms with Gasteiger partial charge in [-0.15, -0.1) is 24.8 Å². The second-order valence-corrected chi connectivity index (χ2v) is 5.07. The summed E-state index contributed by atoms with van der Waals surface area (Å²) in [5, 5.41) is 6.08. The summed E-state index contributed by atoms with van der Waals surface area (Å²) >= 11 is 0. The molecule has 0 aromatic heterocycles. The molecule has 2 aromatic carbocycles. The van der Waals surface area contributed by atoms with Crippen molar-refractivity contribution in [3.63, 3.8) is 0 Å². The number of piperazine rings is 1. The standard InChI is InChI=1S/C16H20N2.2ClH/c1-13(18-10-8-17-9-11-18)15-7-6-14-4-2-3-5-16(14)12-15;;/h2-7,12-13,17H,8-11H2,1H3;2*1H. The molecule has 2 nitrogen and oxygen atoms in total. The van der Waals surface area contributed by atoms with Gasteiger partial charge in [0.1, 0.15) is 0 Å². The fourth-order valence-electron chi connectivity index (χ4n) is 2.75. The third kappa shape index (κ3) is 3.64. The fraction of sp³-hybridized carbons (Fsp3) is 0.375. The highest BCUT2D eigenvalue weighted by atomic mass is 35.5. The molecule has 0 radical (unpaired) electrons. The maximum absolute atomic E-state index is 3.41. The third-order valence-corrected chi connectivity index (χ3v) is 3.96. The number of halogens is 2. The van der Waals surface area contributed by atoms with Gasteiger partial charge in [0.2, 0.25) is 0 Å². The summed E-state index contributed by atoms with van der Waals surface area (Å²) in [7, 11) is 0. The molecule has 3 rings (SSSR count). The van der Waals surface area contributed by atoms with E-state index in [-0.39, 0.29) is 24.8 Å². The van der Waals surface area contributed by atoms with Crippen LogP contribution in [-0.2, 0) is 0 Å². The number of benzene rings is 2. The smallest absolute Gasteiger partial charge is 0.0321 e. The lowest BCUT2D eigenvalue weighted by Gasteiger charge is -2.33. The van der Waals surface area contributed by atoms with Crippen LogP contribution in [0.1, 0.15) is 18.5 Å². The van der Waals surface area contributed by atoms with Gasteiger partial charge in [0.05, 0.1) is 0 Å². The van der Waals surface area contributed by atoms with Gasteiger partial charge in [0.25, 0.3) is 0 Å². The first-order valence-corrected chi connectivity index (χ1v) is 6.78. The van der Waals surface area contributed by atoms with Gasteiger partial charge >= 0.3 is 0 Å². The highest BCUT2D eigenvalue weighted by Gasteiger charge is 2.17. The van der Waals surface area contributed by atoms with E-state index >= 15 is 0 Å². The van der Waals surface area contributed by atoms with Crippen LogP contribution in [0.2, 0.25) is 0 Å². The van der Waals surface area contributed by atoms with Crippen LogP contribution in [0.3, 0.4) is 0 Å². The van der Waals surface area contributed by atoms with Crippen LogP contribution in [0.4, 0.5) is 0 Å². The van der Waals surface area contributed by atoms with Crippen LogP contribution < -0.4 is 5.32 Å². The molecule has 1 aliphatic heterocycles. The van der Waals surface area contributed by atoms with Crippen LogP contribution in [-0.4, -0.2) is 31.1 Å². The van der Waals surface area contributed by atoms with Gasteiger partial charge in [0.15, 0.2) is 0 Å². The molecule has 1 fully saturated rings. The van der Waals surface area contributed by atoms with E-state index in [9.17, 15) is 0 Å². The maximum Gasteiger partial charge on any atom is 0.0321 e. The summed E-state index contributed by atoms with van der Waals surface area (Å²) < 4.78 is 0. The second kappa shape index (κ2) is 7.84. The minimum absolute atomic E-state index is 0. The molecule has 2 aromatic rings. The number of hydrogen-bond acceptors (Lipinski definition) is 2. The summed E-state index contributed by atoms with van der Waals surface area (Å²) in [6, 6.07) is 15.9. The Morgan fingerprint density at radius 2 is 1.60 bits per heavy atom. The number of hydrogen-bond donors (Lipinski definition) is 1. The number of nitrogens with one attached hydrogen (secondary N) is 1. The SMILES string of the molecule is CC(c1ccc2ccccc2c1)N1CCNCC1.Cl.Cl. The lowest BCUT2D eigenvalue weighted by Crippen LogP contribution is -2.44. The van der Waals surface area contributed by atoms with Crippen LogP contribution in [0.15, 0.2) is 42.5 Å². The Balaban J connectivity index is 0.000001000. The molecule has 1 saturated heterocycles. The molecule has 0 amide bonds. The Morgan fingerprint density at radius 3 is 2.30 bits per heavy atom. The van der Waals surface area contributed by atoms with Crippen molar-refractivity contribution >= 4 is 35.6 Å². The Morgan fingerprint density at radius 1 is 0.950 bits per heavy atom. The predicted molar refractivity (Wildman–Crippen MR) is 91.3 cm³/mol. The van der Waals surface area contributed by atoms with Gasteiger partial charge in [-0.1, -0.05) is 36.4 Å². The van der Waals surface area contributed by atoms with Gasteiger partial charge in [-0.25, -0.2) is 0 Å². The summed E-state index contributed by atoms with van der Waals surface area (Å²) in [6.07, 6.45) is 0. The van der Waals surface area contributed by atoms with E-state index in [0.717, 1.165) is 26.2 Å². The number of rotatable bonds is 2. The Labute approximate surface area is 133 Å². The van der Waals surface area contributed by atoms with Crippen molar-refractivity contribution in [1.82, 2.24) is 10.2 Å². The van der Waals surface area contributed by atoms with Gasteiger partial charge in [0, 0.05) is 32.2 Å². The first-order valence-electron chi connectivity index (χ1n) is 6.78. The van der Waals surface area contributed by atoms with E-state index in [4.69, 9.17) is 0 Å². The fourth-order valence-corrected chi connectivity index (χ4v) is 2.75. The largest absolute Gasteiger partial charge is 0.314 e. The Hall–Kier alpha value is -0.800. The summed E-state index contributed by atoms with van der Waals surface area (Å²) in [5.41, 5.74) is 1.43. The zero-order valence-electron chi connectivity index (χ0n) is 11.7. The van der Waals surface area contributed by atoms with E-state index in [0.29, 0.717) is 6.04 Å². The minimum Gasteiger partial charge on any atom is -0.314 e. The van der Waals surface area contributed by atoms with E-state index in [1.54, 1.807) is 0 Å². The Bertz CT molecular complexity index is 539. The number of nitrogens with zero attached hydrogens (tertiary/aromatic N) is 1. The molecule has 1 aliphatic rings. The molecule has 0 aliphatic carbocycles. The van der Waals surface area contributed by atoms with Crippen molar-refractivity contribution in [1.29, 1.82) is 0 Å². The zero-order valence-corrected chi connectivity index (χ0v) is 13.3.